The van der Waals surface area contributed by atoms with E-state index < -0.39 is 7.92 Å². The summed E-state index contributed by atoms with van der Waals surface area (Å²) in [4.78, 5) is 0. The molecule has 0 radical (unpaired) electrons. The molecule has 0 spiro atoms. The highest BCUT2D eigenvalue weighted by atomic mass is 31.1. The molecular weight excluding hydrogens is 560 g/mol. The Morgan fingerprint density at radius 2 is 0.956 bits per heavy atom. The fraction of sp³-hybridized carbons (Fsp3) is 0.286. The van der Waals surface area contributed by atoms with Crippen LogP contribution < -0.4 is 21.7 Å². The van der Waals surface area contributed by atoms with E-state index in [1.807, 2.05) is 0 Å². The zero-order valence-corrected chi connectivity index (χ0v) is 29.7. The largest absolute Gasteiger partial charge is 0.309 e. The lowest BCUT2D eigenvalue weighted by Crippen LogP contribution is -2.56. The normalized spacial score (nSPS) is 11.9. The minimum Gasteiger partial charge on any atom is -0.309 e. The van der Waals surface area contributed by atoms with Gasteiger partial charge in [-0.2, -0.15) is 0 Å². The molecule has 0 aliphatic carbocycles. The first kappa shape index (κ1) is 31.4. The third-order valence-corrected chi connectivity index (χ3v) is 12.8. The maximum Gasteiger partial charge on any atom is 0.242 e. The molecule has 6 aromatic rings. The molecule has 45 heavy (non-hydrogen) atoms. The van der Waals surface area contributed by atoms with Crippen LogP contribution in [0.5, 0.6) is 0 Å². The van der Waals surface area contributed by atoms with E-state index >= 15 is 0 Å². The van der Waals surface area contributed by atoms with Gasteiger partial charge in [0.1, 0.15) is 0 Å². The summed E-state index contributed by atoms with van der Waals surface area (Å²) in [5, 5.41) is 4.13. The third-order valence-electron chi connectivity index (χ3n) is 9.60. The van der Waals surface area contributed by atoms with Gasteiger partial charge in [-0.3, -0.25) is 0 Å². The van der Waals surface area contributed by atoms with Crippen molar-refractivity contribution in [3.05, 3.63) is 124 Å². The van der Waals surface area contributed by atoms with Crippen LogP contribution in [0.3, 0.4) is 0 Å². The Hall–Kier alpha value is -3.61. The van der Waals surface area contributed by atoms with Crippen LogP contribution >= 0.6 is 7.92 Å². The van der Waals surface area contributed by atoms with Crippen molar-refractivity contribution < 1.29 is 0 Å². The fourth-order valence-electron chi connectivity index (χ4n) is 8.22. The van der Waals surface area contributed by atoms with Gasteiger partial charge in [-0.05, 0) is 71.1 Å². The smallest absolute Gasteiger partial charge is 0.242 e. The van der Waals surface area contributed by atoms with Crippen LogP contribution in [0.1, 0.15) is 61.1 Å². The fourth-order valence-corrected chi connectivity index (χ4v) is 11.2. The third kappa shape index (κ3) is 5.57. The van der Waals surface area contributed by atoms with Crippen LogP contribution in [0.4, 0.5) is 0 Å². The van der Waals surface area contributed by atoms with Crippen LogP contribution in [0.2, 0.25) is 0 Å². The van der Waals surface area contributed by atoms with Crippen LogP contribution in [-0.4, -0.2) is 22.6 Å². The van der Waals surface area contributed by atoms with Gasteiger partial charge in [-0.25, -0.2) is 0 Å². The molecule has 0 saturated carbocycles. The van der Waals surface area contributed by atoms with E-state index in [9.17, 15) is 0 Å². The van der Waals surface area contributed by atoms with Crippen molar-refractivity contribution in [1.82, 2.24) is 4.57 Å². The Bertz CT molecular complexity index is 1880. The Morgan fingerprint density at radius 1 is 0.533 bits per heavy atom. The molecule has 3 heteroatoms. The number of para-hydroxylation sites is 2. The molecule has 0 aliphatic rings. The molecule has 0 unspecified atom stereocenters. The maximum absolute atomic E-state index is 2.57. The molecule has 0 bridgehead atoms. The van der Waals surface area contributed by atoms with Gasteiger partial charge in [0.25, 0.3) is 0 Å². The average Bonchev–Trinajstić information content (AvgIpc) is 3.30. The number of hydrogen-bond donors (Lipinski definition) is 0. The van der Waals surface area contributed by atoms with Crippen molar-refractivity contribution in [1.29, 1.82) is 0 Å². The molecule has 0 aliphatic heterocycles. The first-order valence-corrected chi connectivity index (χ1v) is 18.0. The first-order valence-electron chi connectivity index (χ1n) is 16.5. The lowest BCUT2D eigenvalue weighted by Gasteiger charge is -2.31. The van der Waals surface area contributed by atoms with Crippen molar-refractivity contribution >= 4 is 58.1 Å². The molecule has 0 fully saturated rings. The van der Waals surface area contributed by atoms with Crippen LogP contribution in [-0.2, 0) is 0 Å². The van der Waals surface area contributed by atoms with Crippen LogP contribution in [0.15, 0.2) is 91.0 Å². The second-order valence-corrected chi connectivity index (χ2v) is 17.1. The monoisotopic (exact) mass is 607 g/mol. The van der Waals surface area contributed by atoms with E-state index in [4.69, 9.17) is 0 Å². The lowest BCUT2D eigenvalue weighted by atomic mass is 9.34. The van der Waals surface area contributed by atoms with Crippen molar-refractivity contribution in [3.8, 4) is 5.69 Å². The van der Waals surface area contributed by atoms with E-state index in [0.29, 0.717) is 11.3 Å². The molecule has 0 amide bonds. The van der Waals surface area contributed by atoms with Gasteiger partial charge in [0, 0.05) is 16.1 Å². The van der Waals surface area contributed by atoms with Gasteiger partial charge in [0.15, 0.2) is 0 Å². The number of aryl methyl sites for hydroxylation is 6. The summed E-state index contributed by atoms with van der Waals surface area (Å²) >= 11 is 0. The highest BCUT2D eigenvalue weighted by Crippen LogP contribution is 2.47. The zero-order chi connectivity index (χ0) is 32.2. The Morgan fingerprint density at radius 3 is 1.38 bits per heavy atom. The predicted octanol–water partition coefficient (Wildman–Crippen LogP) is 9.07. The summed E-state index contributed by atoms with van der Waals surface area (Å²) in [7, 11) is -0.405. The summed E-state index contributed by atoms with van der Waals surface area (Å²) in [6.07, 6.45) is 0. The maximum atomic E-state index is 2.57. The van der Waals surface area contributed by atoms with E-state index in [1.165, 1.54) is 82.6 Å². The number of rotatable bonds is 7. The predicted molar refractivity (Wildman–Crippen MR) is 204 cm³/mol. The highest BCUT2D eigenvalue weighted by molar-refractivity contribution is 7.67. The lowest BCUT2D eigenvalue weighted by molar-refractivity contribution is 1.02. The minimum absolute atomic E-state index is 0.136. The Labute approximate surface area is 272 Å². The van der Waals surface area contributed by atoms with Crippen molar-refractivity contribution in [3.63, 3.8) is 0 Å². The molecule has 5 aromatic carbocycles. The van der Waals surface area contributed by atoms with Gasteiger partial charge in [0.2, 0.25) is 6.71 Å². The van der Waals surface area contributed by atoms with E-state index in [0.717, 1.165) is 0 Å². The molecule has 1 aromatic heterocycles. The molecule has 1 heterocycles. The van der Waals surface area contributed by atoms with Crippen LogP contribution in [0, 0.1) is 41.5 Å². The molecule has 6 rings (SSSR count). The minimum atomic E-state index is -0.405. The zero-order valence-electron chi connectivity index (χ0n) is 28.8. The van der Waals surface area contributed by atoms with E-state index in [2.05, 4.69) is 165 Å². The van der Waals surface area contributed by atoms with E-state index in [-0.39, 0.29) is 6.71 Å². The molecule has 1 nitrogen and oxygen atoms in total. The number of nitrogens with zero attached hydrogens (tertiary/aromatic N) is 1. The molecule has 0 saturated heterocycles. The first-order chi connectivity index (χ1) is 21.5. The topological polar surface area (TPSA) is 4.93 Å². The van der Waals surface area contributed by atoms with Gasteiger partial charge in [-0.1, -0.05) is 158 Å². The Kier molecular flexibility index (Phi) is 8.58. The number of fused-ring (bicyclic) bond motifs is 3. The summed E-state index contributed by atoms with van der Waals surface area (Å²) in [6, 6.07) is 34.9. The quantitative estimate of drug-likeness (QED) is 0.126. The number of aromatic nitrogens is 1. The Balaban J connectivity index is 1.75. The van der Waals surface area contributed by atoms with Crippen LogP contribution in [0.25, 0.3) is 27.5 Å². The highest BCUT2D eigenvalue weighted by Gasteiger charge is 2.31. The van der Waals surface area contributed by atoms with E-state index in [1.54, 1.807) is 0 Å². The molecular formula is C42H47BNP. The second kappa shape index (κ2) is 12.3. The summed E-state index contributed by atoms with van der Waals surface area (Å²) in [5.41, 5.74) is 17.4. The average molecular weight is 608 g/mol. The molecule has 0 N–H and O–H groups in total. The second-order valence-electron chi connectivity index (χ2n) is 13.8. The van der Waals surface area contributed by atoms with Gasteiger partial charge in [-0.15, -0.1) is 0 Å². The molecule has 0 atom stereocenters. The van der Waals surface area contributed by atoms with Crippen molar-refractivity contribution in [2.45, 2.75) is 80.6 Å². The van der Waals surface area contributed by atoms with Gasteiger partial charge < -0.3 is 4.57 Å². The standard InChI is InChI=1S/C42H47BNP/c1-26(2)45(27(3)4)40-20-19-34(25-39(40)44-37-17-13-11-15-35(37)36-16-12-14-18-38(36)44)43(41-30(7)21-28(5)22-31(41)8)42-32(9)23-29(6)24-33(42)10/h11-27H,1-10H3. The van der Waals surface area contributed by atoms with Gasteiger partial charge >= 0.3 is 0 Å². The molecule has 228 valence electrons. The summed E-state index contributed by atoms with van der Waals surface area (Å²) in [6.45, 7) is 23.4. The SMILES string of the molecule is Cc1cc(C)c(B(c2ccc(P(C(C)C)C(C)C)c(-n3c4ccccc4c4ccccc43)c2)c2c(C)cc(C)cc2C)c(C)c1. The summed E-state index contributed by atoms with van der Waals surface area (Å²) in [5.74, 6) is 0. The summed E-state index contributed by atoms with van der Waals surface area (Å²) < 4.78 is 2.57. The van der Waals surface area contributed by atoms with Gasteiger partial charge in [0.05, 0.1) is 16.7 Å². The van der Waals surface area contributed by atoms with Crippen molar-refractivity contribution in [2.75, 3.05) is 0 Å². The number of hydrogen-bond acceptors (Lipinski definition) is 0. The van der Waals surface area contributed by atoms with Crippen molar-refractivity contribution in [2.24, 2.45) is 0 Å². The number of benzene rings is 5.